The fourth-order valence-corrected chi connectivity index (χ4v) is 2.47. The lowest BCUT2D eigenvalue weighted by molar-refractivity contribution is 0.493. The minimum absolute atomic E-state index is 0.0256. The van der Waals surface area contributed by atoms with Crippen LogP contribution in [-0.4, -0.2) is 16.3 Å². The molecule has 0 radical (unpaired) electrons. The minimum atomic E-state index is -0.812. The van der Waals surface area contributed by atoms with Crippen LogP contribution >= 0.6 is 0 Å². The van der Waals surface area contributed by atoms with Crippen LogP contribution in [-0.2, 0) is 19.9 Å². The SMILES string of the molecule is CCNC(Cc1ccc(F)c(F)c1)c1cc(CC)nn1C. The van der Waals surface area contributed by atoms with Gasteiger partial charge in [-0.15, -0.1) is 0 Å². The smallest absolute Gasteiger partial charge is 0.159 e. The highest BCUT2D eigenvalue weighted by Crippen LogP contribution is 2.20. The average Bonchev–Trinajstić information content (AvgIpc) is 2.83. The molecule has 0 spiro atoms. The summed E-state index contributed by atoms with van der Waals surface area (Å²) in [6.45, 7) is 4.88. The number of hydrogen-bond acceptors (Lipinski definition) is 2. The van der Waals surface area contributed by atoms with Crippen molar-refractivity contribution in [2.45, 2.75) is 32.7 Å². The highest BCUT2D eigenvalue weighted by Gasteiger charge is 2.17. The lowest BCUT2D eigenvalue weighted by Gasteiger charge is -2.18. The van der Waals surface area contributed by atoms with Gasteiger partial charge >= 0.3 is 0 Å². The van der Waals surface area contributed by atoms with Crippen LogP contribution in [0, 0.1) is 11.6 Å². The van der Waals surface area contributed by atoms with E-state index in [1.54, 1.807) is 6.07 Å². The molecule has 5 heteroatoms. The number of aromatic nitrogens is 2. The van der Waals surface area contributed by atoms with E-state index in [1.807, 2.05) is 18.7 Å². The maximum absolute atomic E-state index is 13.3. The van der Waals surface area contributed by atoms with Crippen molar-refractivity contribution in [3.8, 4) is 0 Å². The van der Waals surface area contributed by atoms with Crippen molar-refractivity contribution < 1.29 is 8.78 Å². The second-order valence-electron chi connectivity index (χ2n) is 5.10. The van der Waals surface area contributed by atoms with E-state index in [0.29, 0.717) is 6.42 Å². The van der Waals surface area contributed by atoms with E-state index < -0.39 is 11.6 Å². The van der Waals surface area contributed by atoms with E-state index >= 15 is 0 Å². The summed E-state index contributed by atoms with van der Waals surface area (Å²) in [4.78, 5) is 0. The van der Waals surface area contributed by atoms with Crippen LogP contribution in [0.2, 0.25) is 0 Å². The van der Waals surface area contributed by atoms with Gasteiger partial charge in [0.05, 0.1) is 17.4 Å². The van der Waals surface area contributed by atoms with Gasteiger partial charge in [0.1, 0.15) is 0 Å². The lowest BCUT2D eigenvalue weighted by atomic mass is 10.0. The topological polar surface area (TPSA) is 29.9 Å². The summed E-state index contributed by atoms with van der Waals surface area (Å²) in [5.41, 5.74) is 2.85. The molecule has 0 bridgehead atoms. The molecule has 0 aliphatic heterocycles. The minimum Gasteiger partial charge on any atom is -0.309 e. The van der Waals surface area contributed by atoms with Gasteiger partial charge < -0.3 is 5.32 Å². The number of halogens is 2. The van der Waals surface area contributed by atoms with Gasteiger partial charge in [0.25, 0.3) is 0 Å². The first-order valence-corrected chi connectivity index (χ1v) is 7.25. The van der Waals surface area contributed by atoms with Gasteiger partial charge in [-0.25, -0.2) is 8.78 Å². The number of hydrogen-bond donors (Lipinski definition) is 1. The van der Waals surface area contributed by atoms with Gasteiger partial charge in [-0.3, -0.25) is 4.68 Å². The quantitative estimate of drug-likeness (QED) is 0.886. The molecule has 1 heterocycles. The molecule has 1 unspecified atom stereocenters. The highest BCUT2D eigenvalue weighted by atomic mass is 19.2. The molecule has 2 aromatic rings. The zero-order valence-corrected chi connectivity index (χ0v) is 12.7. The Balaban J connectivity index is 2.25. The van der Waals surface area contributed by atoms with Crippen LogP contribution in [0.15, 0.2) is 24.3 Å². The molecule has 0 saturated carbocycles. The largest absolute Gasteiger partial charge is 0.309 e. The van der Waals surface area contributed by atoms with E-state index in [0.717, 1.165) is 29.9 Å². The zero-order chi connectivity index (χ0) is 15.4. The van der Waals surface area contributed by atoms with Gasteiger partial charge in [-0.05, 0) is 43.1 Å². The third-order valence-corrected chi connectivity index (χ3v) is 3.56. The number of nitrogens with zero attached hydrogens (tertiary/aromatic N) is 2. The molecule has 114 valence electrons. The number of rotatable bonds is 6. The Morgan fingerprint density at radius 1 is 1.19 bits per heavy atom. The number of aryl methyl sites for hydroxylation is 2. The maximum Gasteiger partial charge on any atom is 0.159 e. The van der Waals surface area contributed by atoms with Crippen LogP contribution in [0.3, 0.4) is 0 Å². The summed E-state index contributed by atoms with van der Waals surface area (Å²) >= 11 is 0. The molecule has 0 aliphatic rings. The van der Waals surface area contributed by atoms with Crippen molar-refractivity contribution in [2.75, 3.05) is 6.54 Å². The normalized spacial score (nSPS) is 12.6. The molecule has 0 fully saturated rings. The summed E-state index contributed by atoms with van der Waals surface area (Å²) in [5.74, 6) is -1.62. The van der Waals surface area contributed by atoms with E-state index in [4.69, 9.17) is 0 Å². The molecule has 0 aliphatic carbocycles. The Hall–Kier alpha value is -1.75. The maximum atomic E-state index is 13.3. The van der Waals surface area contributed by atoms with Crippen LogP contribution in [0.5, 0.6) is 0 Å². The number of benzene rings is 1. The van der Waals surface area contributed by atoms with Gasteiger partial charge in [0.2, 0.25) is 0 Å². The molecule has 1 N–H and O–H groups in total. The molecule has 3 nitrogen and oxygen atoms in total. The molecule has 0 saturated heterocycles. The summed E-state index contributed by atoms with van der Waals surface area (Å²) in [5, 5.41) is 7.83. The van der Waals surface area contributed by atoms with Crippen LogP contribution < -0.4 is 5.32 Å². The number of nitrogens with one attached hydrogen (secondary N) is 1. The van der Waals surface area contributed by atoms with Gasteiger partial charge in [-0.2, -0.15) is 5.10 Å². The molecule has 21 heavy (non-hydrogen) atoms. The zero-order valence-electron chi connectivity index (χ0n) is 12.7. The monoisotopic (exact) mass is 293 g/mol. The molecule has 1 aromatic heterocycles. The summed E-state index contributed by atoms with van der Waals surface area (Å²) in [6.07, 6.45) is 1.46. The van der Waals surface area contributed by atoms with Crippen molar-refractivity contribution in [3.63, 3.8) is 0 Å². The summed E-state index contributed by atoms with van der Waals surface area (Å²) < 4.78 is 28.2. The van der Waals surface area contributed by atoms with Crippen LogP contribution in [0.4, 0.5) is 8.78 Å². The first-order chi connectivity index (χ1) is 10.0. The van der Waals surface area contributed by atoms with Crippen molar-refractivity contribution in [2.24, 2.45) is 7.05 Å². The third kappa shape index (κ3) is 3.67. The van der Waals surface area contributed by atoms with Crippen LogP contribution in [0.25, 0.3) is 0 Å². The Kier molecular flexibility index (Phi) is 5.07. The average molecular weight is 293 g/mol. The molecular formula is C16H21F2N3. The standard InChI is InChI=1S/C16H21F2N3/c1-4-12-10-16(21(3)20-12)15(19-5-2)9-11-6-7-13(17)14(18)8-11/h6-8,10,15,19H,4-5,9H2,1-3H3. The molecule has 2 rings (SSSR count). The second kappa shape index (κ2) is 6.80. The van der Waals surface area contributed by atoms with Crippen molar-refractivity contribution in [1.82, 2.24) is 15.1 Å². The Morgan fingerprint density at radius 2 is 1.95 bits per heavy atom. The van der Waals surface area contributed by atoms with Crippen molar-refractivity contribution >= 4 is 0 Å². The number of likely N-dealkylation sites (N-methyl/N-ethyl adjacent to an activating group) is 1. The first kappa shape index (κ1) is 15.6. The van der Waals surface area contributed by atoms with Gasteiger partial charge in [0.15, 0.2) is 11.6 Å². The fourth-order valence-electron chi connectivity index (χ4n) is 2.47. The summed E-state index contributed by atoms with van der Waals surface area (Å²) in [6, 6.07) is 6.15. The van der Waals surface area contributed by atoms with E-state index in [-0.39, 0.29) is 6.04 Å². The lowest BCUT2D eigenvalue weighted by Crippen LogP contribution is -2.25. The fraction of sp³-hybridized carbons (Fsp3) is 0.438. The third-order valence-electron chi connectivity index (χ3n) is 3.56. The molecular weight excluding hydrogens is 272 g/mol. The van der Waals surface area contributed by atoms with E-state index in [1.165, 1.54) is 12.1 Å². The summed E-state index contributed by atoms with van der Waals surface area (Å²) in [7, 11) is 1.91. The predicted molar refractivity (Wildman–Crippen MR) is 79.1 cm³/mol. The molecule has 1 atom stereocenters. The Morgan fingerprint density at radius 3 is 2.52 bits per heavy atom. The molecule has 0 amide bonds. The highest BCUT2D eigenvalue weighted by molar-refractivity contribution is 5.22. The van der Waals surface area contributed by atoms with Crippen LogP contribution in [0.1, 0.15) is 36.8 Å². The second-order valence-corrected chi connectivity index (χ2v) is 5.10. The molecule has 1 aromatic carbocycles. The predicted octanol–water partition coefficient (Wildman–Crippen LogP) is 3.15. The van der Waals surface area contributed by atoms with E-state index in [9.17, 15) is 8.78 Å². The van der Waals surface area contributed by atoms with Crippen molar-refractivity contribution in [3.05, 3.63) is 52.9 Å². The first-order valence-electron chi connectivity index (χ1n) is 7.25. The Labute approximate surface area is 124 Å². The van der Waals surface area contributed by atoms with Gasteiger partial charge in [0, 0.05) is 7.05 Å². The Bertz CT molecular complexity index is 608. The van der Waals surface area contributed by atoms with Crippen molar-refractivity contribution in [1.29, 1.82) is 0 Å². The van der Waals surface area contributed by atoms with Gasteiger partial charge in [-0.1, -0.05) is 19.9 Å². The van der Waals surface area contributed by atoms with E-state index in [2.05, 4.69) is 23.4 Å².